The van der Waals surface area contributed by atoms with Gasteiger partial charge in [-0.05, 0) is 18.6 Å². The highest BCUT2D eigenvalue weighted by atomic mass is 16.2. The zero-order valence-electron chi connectivity index (χ0n) is 7.43. The predicted molar refractivity (Wildman–Crippen MR) is 47.2 cm³/mol. The number of amides is 2. The lowest BCUT2D eigenvalue weighted by Crippen LogP contribution is -2.39. The Morgan fingerprint density at radius 2 is 2.29 bits per heavy atom. The van der Waals surface area contributed by atoms with Gasteiger partial charge in [-0.3, -0.25) is 14.9 Å². The molecular weight excluding hydrogens is 182 g/mol. The largest absolute Gasteiger partial charge is 0.296 e. The molecule has 1 aromatic heterocycles. The van der Waals surface area contributed by atoms with Crippen molar-refractivity contribution in [3.8, 4) is 0 Å². The number of hydrogen-bond donors (Lipinski definition) is 1. The third-order valence-corrected chi connectivity index (χ3v) is 2.19. The maximum Gasteiger partial charge on any atom is 0.235 e. The first-order valence-corrected chi connectivity index (χ1v) is 4.38. The molecule has 1 aromatic rings. The Hall–Kier alpha value is -1.78. The Balaban J connectivity index is 2.20. The van der Waals surface area contributed by atoms with Crippen LogP contribution in [0.1, 0.15) is 24.5 Å². The van der Waals surface area contributed by atoms with Crippen LogP contribution in [0.4, 0.5) is 0 Å². The lowest BCUT2D eigenvalue weighted by atomic mass is 9.95. The molecule has 14 heavy (non-hydrogen) atoms. The number of imide groups is 1. The number of nitrogens with one attached hydrogen (secondary N) is 1. The Morgan fingerprint density at radius 1 is 1.43 bits per heavy atom. The molecule has 72 valence electrons. The van der Waals surface area contributed by atoms with Crippen LogP contribution in [-0.2, 0) is 9.59 Å². The summed E-state index contributed by atoms with van der Waals surface area (Å²) in [4.78, 5) is 22.3. The van der Waals surface area contributed by atoms with E-state index in [0.717, 1.165) is 0 Å². The number of hydrogen-bond acceptors (Lipinski definition) is 4. The van der Waals surface area contributed by atoms with Gasteiger partial charge in [0.15, 0.2) is 0 Å². The molecule has 1 unspecified atom stereocenters. The van der Waals surface area contributed by atoms with Gasteiger partial charge in [-0.1, -0.05) is 0 Å². The van der Waals surface area contributed by atoms with Gasteiger partial charge in [0.1, 0.15) is 0 Å². The minimum atomic E-state index is -0.332. The third-order valence-electron chi connectivity index (χ3n) is 2.19. The highest BCUT2D eigenvalue weighted by Crippen LogP contribution is 2.21. The fourth-order valence-corrected chi connectivity index (χ4v) is 1.48. The summed E-state index contributed by atoms with van der Waals surface area (Å²) in [5.74, 6) is -0.821. The summed E-state index contributed by atoms with van der Waals surface area (Å²) in [5.41, 5.74) is 0.623. The van der Waals surface area contributed by atoms with Crippen molar-refractivity contribution in [2.75, 3.05) is 0 Å². The van der Waals surface area contributed by atoms with Gasteiger partial charge in [0.05, 0.1) is 11.6 Å². The van der Waals surface area contributed by atoms with Gasteiger partial charge in [0, 0.05) is 12.6 Å². The molecular formula is C9H9N3O2. The van der Waals surface area contributed by atoms with E-state index in [1.165, 1.54) is 0 Å². The van der Waals surface area contributed by atoms with Crippen molar-refractivity contribution in [2.24, 2.45) is 0 Å². The van der Waals surface area contributed by atoms with E-state index in [-0.39, 0.29) is 17.7 Å². The zero-order valence-corrected chi connectivity index (χ0v) is 7.43. The Morgan fingerprint density at radius 3 is 2.93 bits per heavy atom. The van der Waals surface area contributed by atoms with Gasteiger partial charge in [-0.25, -0.2) is 0 Å². The first-order valence-electron chi connectivity index (χ1n) is 4.38. The van der Waals surface area contributed by atoms with Gasteiger partial charge in [0.2, 0.25) is 11.8 Å². The van der Waals surface area contributed by atoms with Crippen molar-refractivity contribution in [3.05, 3.63) is 24.0 Å². The normalized spacial score (nSPS) is 21.9. The zero-order chi connectivity index (χ0) is 9.97. The van der Waals surface area contributed by atoms with E-state index in [9.17, 15) is 9.59 Å². The molecule has 0 spiro atoms. The summed E-state index contributed by atoms with van der Waals surface area (Å²) in [7, 11) is 0. The Bertz CT molecular complexity index is 364. The van der Waals surface area contributed by atoms with Crippen LogP contribution in [0.3, 0.4) is 0 Å². The van der Waals surface area contributed by atoms with E-state index in [0.29, 0.717) is 18.5 Å². The van der Waals surface area contributed by atoms with Crippen molar-refractivity contribution in [1.29, 1.82) is 0 Å². The van der Waals surface area contributed by atoms with Crippen molar-refractivity contribution in [3.63, 3.8) is 0 Å². The molecule has 2 rings (SSSR count). The molecule has 1 saturated heterocycles. The average Bonchev–Trinajstić information content (AvgIpc) is 2.19. The van der Waals surface area contributed by atoms with Crippen LogP contribution in [0.2, 0.25) is 0 Å². The monoisotopic (exact) mass is 191 g/mol. The standard InChI is InChI=1S/C9H9N3O2/c13-8-4-3-6(9(14)11-8)7-2-1-5-10-12-7/h1-2,5-6H,3-4H2,(H,11,13,14). The van der Waals surface area contributed by atoms with E-state index in [2.05, 4.69) is 15.5 Å². The van der Waals surface area contributed by atoms with E-state index in [4.69, 9.17) is 0 Å². The fourth-order valence-electron chi connectivity index (χ4n) is 1.48. The van der Waals surface area contributed by atoms with E-state index in [1.807, 2.05) is 0 Å². The lowest BCUT2D eigenvalue weighted by Gasteiger charge is -2.19. The molecule has 2 amide bonds. The summed E-state index contributed by atoms with van der Waals surface area (Å²) in [6, 6.07) is 3.47. The summed E-state index contributed by atoms with van der Waals surface area (Å²) >= 11 is 0. The van der Waals surface area contributed by atoms with Gasteiger partial charge < -0.3 is 0 Å². The van der Waals surface area contributed by atoms with Crippen LogP contribution in [0, 0.1) is 0 Å². The maximum absolute atomic E-state index is 11.4. The molecule has 0 aromatic carbocycles. The topological polar surface area (TPSA) is 72.0 Å². The van der Waals surface area contributed by atoms with E-state index < -0.39 is 0 Å². The summed E-state index contributed by atoms with van der Waals surface area (Å²) in [6.45, 7) is 0. The van der Waals surface area contributed by atoms with Crippen molar-refractivity contribution in [1.82, 2.24) is 15.5 Å². The Labute approximate surface area is 80.5 Å². The first-order chi connectivity index (χ1) is 6.77. The van der Waals surface area contributed by atoms with E-state index >= 15 is 0 Å². The number of aromatic nitrogens is 2. The van der Waals surface area contributed by atoms with Crippen LogP contribution < -0.4 is 5.32 Å². The smallest absolute Gasteiger partial charge is 0.235 e. The molecule has 2 heterocycles. The highest BCUT2D eigenvalue weighted by Gasteiger charge is 2.28. The summed E-state index contributed by atoms with van der Waals surface area (Å²) < 4.78 is 0. The Kier molecular flexibility index (Phi) is 2.22. The van der Waals surface area contributed by atoms with Crippen molar-refractivity contribution < 1.29 is 9.59 Å². The number of nitrogens with zero attached hydrogens (tertiary/aromatic N) is 2. The minimum absolute atomic E-state index is 0.213. The number of carbonyl (C=O) groups is 2. The SMILES string of the molecule is O=C1CCC(c2cccnn2)C(=O)N1. The molecule has 1 fully saturated rings. The molecule has 5 nitrogen and oxygen atoms in total. The number of piperidine rings is 1. The average molecular weight is 191 g/mol. The molecule has 0 bridgehead atoms. The molecule has 0 radical (unpaired) electrons. The third kappa shape index (κ3) is 1.61. The second-order valence-corrected chi connectivity index (χ2v) is 3.15. The van der Waals surface area contributed by atoms with Crippen molar-refractivity contribution in [2.45, 2.75) is 18.8 Å². The molecule has 1 aliphatic heterocycles. The maximum atomic E-state index is 11.4. The number of carbonyl (C=O) groups excluding carboxylic acids is 2. The molecule has 0 saturated carbocycles. The fraction of sp³-hybridized carbons (Fsp3) is 0.333. The van der Waals surface area contributed by atoms with Gasteiger partial charge in [-0.15, -0.1) is 0 Å². The van der Waals surface area contributed by atoms with E-state index in [1.54, 1.807) is 18.3 Å². The second-order valence-electron chi connectivity index (χ2n) is 3.15. The quantitative estimate of drug-likeness (QED) is 0.634. The predicted octanol–water partition coefficient (Wildman–Crippen LogP) is -0.00320. The summed E-state index contributed by atoms with van der Waals surface area (Å²) in [6.07, 6.45) is 2.44. The lowest BCUT2D eigenvalue weighted by molar-refractivity contribution is -0.134. The highest BCUT2D eigenvalue weighted by molar-refractivity contribution is 6.00. The first kappa shape index (κ1) is 8.80. The molecule has 0 aliphatic carbocycles. The van der Waals surface area contributed by atoms with Crippen LogP contribution in [-0.4, -0.2) is 22.0 Å². The molecule has 1 atom stereocenters. The van der Waals surface area contributed by atoms with Crippen LogP contribution in [0.25, 0.3) is 0 Å². The second kappa shape index (κ2) is 3.53. The van der Waals surface area contributed by atoms with Gasteiger partial charge >= 0.3 is 0 Å². The van der Waals surface area contributed by atoms with Crippen LogP contribution in [0.15, 0.2) is 18.3 Å². The molecule has 1 aliphatic rings. The van der Waals surface area contributed by atoms with Crippen molar-refractivity contribution >= 4 is 11.8 Å². The molecule has 5 heteroatoms. The van der Waals surface area contributed by atoms with Crippen LogP contribution in [0.5, 0.6) is 0 Å². The van der Waals surface area contributed by atoms with Gasteiger partial charge in [-0.2, -0.15) is 10.2 Å². The number of rotatable bonds is 1. The van der Waals surface area contributed by atoms with Crippen LogP contribution >= 0.6 is 0 Å². The molecule has 1 N–H and O–H groups in total. The van der Waals surface area contributed by atoms with Gasteiger partial charge in [0.25, 0.3) is 0 Å². The summed E-state index contributed by atoms with van der Waals surface area (Å²) in [5, 5.41) is 9.84. The minimum Gasteiger partial charge on any atom is -0.296 e.